The molecule has 3 heterocycles. The van der Waals surface area contributed by atoms with E-state index in [1.807, 2.05) is 55.9 Å². The van der Waals surface area contributed by atoms with Crippen LogP contribution in [0.25, 0.3) is 22.2 Å². The molecule has 0 spiro atoms. The first kappa shape index (κ1) is 23.3. The Labute approximate surface area is 199 Å². The number of hydrogen-bond acceptors (Lipinski definition) is 7. The van der Waals surface area contributed by atoms with Crippen LogP contribution >= 0.6 is 0 Å². The van der Waals surface area contributed by atoms with Gasteiger partial charge in [0.15, 0.2) is 0 Å². The number of piperazine rings is 1. The molecule has 0 bridgehead atoms. The van der Waals surface area contributed by atoms with Crippen LogP contribution in [0.5, 0.6) is 0 Å². The van der Waals surface area contributed by atoms with Crippen molar-refractivity contribution >= 4 is 34.6 Å². The van der Waals surface area contributed by atoms with Gasteiger partial charge in [-0.05, 0) is 38.5 Å². The second-order valence-corrected chi connectivity index (χ2v) is 9.17. The average Bonchev–Trinajstić information content (AvgIpc) is 3.25. The number of nitrogens with zero attached hydrogens (tertiary/aromatic N) is 6. The number of anilines is 1. The van der Waals surface area contributed by atoms with Crippen molar-refractivity contribution in [3.8, 4) is 5.69 Å². The maximum absolute atomic E-state index is 12.4. The Morgan fingerprint density at radius 1 is 1.15 bits per heavy atom. The third-order valence-corrected chi connectivity index (χ3v) is 5.58. The number of carbonyl (C=O) groups is 1. The van der Waals surface area contributed by atoms with Gasteiger partial charge in [-0.3, -0.25) is 4.99 Å². The molecular weight excluding hydrogens is 430 g/mol. The smallest absolute Gasteiger partial charge is 0.410 e. The number of aliphatic imine (C=N–C) groups is 1. The predicted octanol–water partition coefficient (Wildman–Crippen LogP) is 3.48. The number of amides is 1. The van der Waals surface area contributed by atoms with Crippen molar-refractivity contribution < 1.29 is 9.53 Å². The summed E-state index contributed by atoms with van der Waals surface area (Å²) in [4.78, 5) is 24.9. The molecule has 1 aliphatic heterocycles. The highest BCUT2D eigenvalue weighted by molar-refractivity contribution is 6.10. The van der Waals surface area contributed by atoms with Crippen LogP contribution in [0.1, 0.15) is 26.3 Å². The summed E-state index contributed by atoms with van der Waals surface area (Å²) in [5.41, 5.74) is 8.99. The van der Waals surface area contributed by atoms with E-state index in [1.54, 1.807) is 30.6 Å². The molecule has 2 aromatic heterocycles. The van der Waals surface area contributed by atoms with E-state index in [2.05, 4.69) is 26.0 Å². The molecule has 0 unspecified atom stereocenters. The van der Waals surface area contributed by atoms with E-state index in [4.69, 9.17) is 10.5 Å². The summed E-state index contributed by atoms with van der Waals surface area (Å²) in [6, 6.07) is 10.1. The largest absolute Gasteiger partial charge is 0.444 e. The Morgan fingerprint density at radius 3 is 2.59 bits per heavy atom. The van der Waals surface area contributed by atoms with Crippen molar-refractivity contribution in [1.82, 2.24) is 19.7 Å². The summed E-state index contributed by atoms with van der Waals surface area (Å²) in [5.74, 6) is 0.849. The summed E-state index contributed by atoms with van der Waals surface area (Å²) >= 11 is 0. The van der Waals surface area contributed by atoms with Crippen molar-refractivity contribution in [2.45, 2.75) is 26.4 Å². The molecule has 1 amide bonds. The molecular formula is C25H31N7O2. The first-order valence-electron chi connectivity index (χ1n) is 11.3. The second kappa shape index (κ2) is 9.54. The molecule has 1 fully saturated rings. The van der Waals surface area contributed by atoms with Crippen LogP contribution < -0.4 is 10.6 Å². The van der Waals surface area contributed by atoms with Crippen molar-refractivity contribution in [1.29, 1.82) is 0 Å². The molecule has 1 aliphatic rings. The lowest BCUT2D eigenvalue weighted by Crippen LogP contribution is -2.50. The van der Waals surface area contributed by atoms with E-state index in [1.165, 1.54) is 0 Å². The molecule has 0 saturated carbocycles. The maximum atomic E-state index is 12.4. The van der Waals surface area contributed by atoms with Gasteiger partial charge in [0, 0.05) is 68.9 Å². The molecule has 3 aromatic rings. The van der Waals surface area contributed by atoms with Crippen LogP contribution in [0.4, 0.5) is 10.6 Å². The summed E-state index contributed by atoms with van der Waals surface area (Å²) in [6.45, 7) is 8.17. The zero-order valence-corrected chi connectivity index (χ0v) is 20.1. The fraction of sp³-hybridized carbons (Fsp3) is 0.360. The predicted molar refractivity (Wildman–Crippen MR) is 135 cm³/mol. The average molecular weight is 462 g/mol. The van der Waals surface area contributed by atoms with Crippen LogP contribution in [0.2, 0.25) is 0 Å². The molecule has 9 heteroatoms. The number of benzene rings is 1. The number of fused-ring (bicyclic) bond motifs is 1. The number of nitrogens with two attached hydrogens (primary N) is 1. The van der Waals surface area contributed by atoms with Crippen LogP contribution in [0.15, 0.2) is 53.9 Å². The monoisotopic (exact) mass is 461 g/mol. The molecule has 4 rings (SSSR count). The Bertz CT molecular complexity index is 1230. The van der Waals surface area contributed by atoms with Crippen LogP contribution in [-0.2, 0) is 4.74 Å². The molecule has 0 aliphatic carbocycles. The Morgan fingerprint density at radius 2 is 1.91 bits per heavy atom. The second-order valence-electron chi connectivity index (χ2n) is 9.17. The third kappa shape index (κ3) is 5.03. The molecule has 1 saturated heterocycles. The third-order valence-electron chi connectivity index (χ3n) is 5.58. The zero-order valence-electron chi connectivity index (χ0n) is 20.1. The minimum atomic E-state index is -0.499. The van der Waals surface area contributed by atoms with E-state index in [9.17, 15) is 4.79 Å². The van der Waals surface area contributed by atoms with Gasteiger partial charge in [-0.1, -0.05) is 12.1 Å². The molecule has 178 valence electrons. The van der Waals surface area contributed by atoms with Gasteiger partial charge in [-0.2, -0.15) is 5.10 Å². The number of carbonyl (C=O) groups excluding carboxylic acids is 1. The van der Waals surface area contributed by atoms with Crippen LogP contribution in [0.3, 0.4) is 0 Å². The number of ether oxygens (including phenoxy) is 1. The first-order valence-corrected chi connectivity index (χ1v) is 11.3. The Hall–Kier alpha value is -3.88. The van der Waals surface area contributed by atoms with Gasteiger partial charge in [0.25, 0.3) is 0 Å². The van der Waals surface area contributed by atoms with Gasteiger partial charge in [-0.15, -0.1) is 0 Å². The van der Waals surface area contributed by atoms with Crippen molar-refractivity contribution in [2.75, 3.05) is 38.1 Å². The minimum absolute atomic E-state index is 0.272. The minimum Gasteiger partial charge on any atom is -0.444 e. The van der Waals surface area contributed by atoms with Gasteiger partial charge < -0.3 is 20.3 Å². The standard InChI is InChI=1S/C25H31N7O2/c1-25(2,3)34-24(33)31-11-9-30(10-12-31)23-14-21(7-8-28-23)32-22-13-18(20(15-26)16-27-4)5-6-19(22)17-29-32/h5-8,13-17H,9-12,26H2,1-4H3. The molecule has 0 atom stereocenters. The number of aromatic nitrogens is 3. The molecule has 1 aromatic carbocycles. The Kier molecular flexibility index (Phi) is 6.54. The van der Waals surface area contributed by atoms with E-state index in [0.717, 1.165) is 33.5 Å². The summed E-state index contributed by atoms with van der Waals surface area (Å²) in [5, 5.41) is 5.64. The lowest BCUT2D eigenvalue weighted by molar-refractivity contribution is 0.0240. The number of hydrogen-bond donors (Lipinski definition) is 1. The van der Waals surface area contributed by atoms with E-state index in [-0.39, 0.29) is 6.09 Å². The van der Waals surface area contributed by atoms with Crippen molar-refractivity contribution in [2.24, 2.45) is 10.7 Å². The normalized spacial score (nSPS) is 15.4. The van der Waals surface area contributed by atoms with Gasteiger partial charge >= 0.3 is 6.09 Å². The lowest BCUT2D eigenvalue weighted by Gasteiger charge is -2.36. The van der Waals surface area contributed by atoms with Gasteiger partial charge in [-0.25, -0.2) is 14.5 Å². The SMILES string of the molecule is CN=CC(=CN)c1ccc2cnn(-c3ccnc(N4CCN(C(=O)OC(C)(C)C)CC4)c3)c2c1. The number of allylic oxidation sites excluding steroid dienone is 1. The maximum Gasteiger partial charge on any atom is 0.410 e. The van der Waals surface area contributed by atoms with E-state index >= 15 is 0 Å². The van der Waals surface area contributed by atoms with E-state index in [0.29, 0.717) is 26.2 Å². The highest BCUT2D eigenvalue weighted by atomic mass is 16.6. The number of rotatable bonds is 4. The highest BCUT2D eigenvalue weighted by Crippen LogP contribution is 2.25. The Balaban J connectivity index is 1.55. The fourth-order valence-corrected chi connectivity index (χ4v) is 3.91. The van der Waals surface area contributed by atoms with Gasteiger partial charge in [0.1, 0.15) is 11.4 Å². The summed E-state index contributed by atoms with van der Waals surface area (Å²) < 4.78 is 7.40. The molecule has 9 nitrogen and oxygen atoms in total. The molecule has 34 heavy (non-hydrogen) atoms. The van der Waals surface area contributed by atoms with Gasteiger partial charge in [0.05, 0.1) is 17.4 Å². The van der Waals surface area contributed by atoms with Crippen LogP contribution in [0, 0.1) is 0 Å². The molecule has 0 radical (unpaired) electrons. The van der Waals surface area contributed by atoms with Crippen LogP contribution in [-0.4, -0.2) is 70.8 Å². The first-order chi connectivity index (χ1) is 16.3. The van der Waals surface area contributed by atoms with Gasteiger partial charge in [0.2, 0.25) is 0 Å². The summed E-state index contributed by atoms with van der Waals surface area (Å²) in [6.07, 6.45) is 6.65. The summed E-state index contributed by atoms with van der Waals surface area (Å²) in [7, 11) is 1.72. The van der Waals surface area contributed by atoms with E-state index < -0.39 is 5.60 Å². The quantitative estimate of drug-likeness (QED) is 0.597. The zero-order chi connectivity index (χ0) is 24.3. The fourth-order valence-electron chi connectivity index (χ4n) is 3.91. The lowest BCUT2D eigenvalue weighted by atomic mass is 10.1. The number of pyridine rings is 1. The highest BCUT2D eigenvalue weighted by Gasteiger charge is 2.26. The van der Waals surface area contributed by atoms with Crippen molar-refractivity contribution in [3.05, 3.63) is 54.5 Å². The molecule has 2 N–H and O–H groups in total. The topological polar surface area (TPSA) is 102 Å². The van der Waals surface area contributed by atoms with Crippen molar-refractivity contribution in [3.63, 3.8) is 0 Å².